The van der Waals surface area contributed by atoms with Gasteiger partial charge in [-0.2, -0.15) is 0 Å². The van der Waals surface area contributed by atoms with Gasteiger partial charge in [-0.3, -0.25) is 4.79 Å². The van der Waals surface area contributed by atoms with Crippen LogP contribution < -0.4 is 5.32 Å². The van der Waals surface area contributed by atoms with Crippen molar-refractivity contribution in [3.05, 3.63) is 16.6 Å². The number of anilines is 1. The third-order valence-electron chi connectivity index (χ3n) is 1.57. The zero-order chi connectivity index (χ0) is 12.0. The third-order valence-corrected chi connectivity index (χ3v) is 2.56. The van der Waals surface area contributed by atoms with E-state index in [1.807, 2.05) is 0 Å². The van der Waals surface area contributed by atoms with Crippen LogP contribution in [0, 0.1) is 0 Å². The Kier molecular flexibility index (Phi) is 4.94. The van der Waals surface area contributed by atoms with E-state index >= 15 is 0 Å². The number of rotatable bonds is 5. The topological polar surface area (TPSA) is 68.3 Å². The molecule has 7 heteroatoms. The average Bonchev–Trinajstić information content (AvgIpc) is 2.68. The summed E-state index contributed by atoms with van der Waals surface area (Å²) >= 11 is 6.72. The molecule has 1 heterocycles. The van der Waals surface area contributed by atoms with E-state index < -0.39 is 5.97 Å². The molecule has 1 N–H and O–H groups in total. The lowest BCUT2D eigenvalue weighted by Gasteiger charge is -2.02. The number of esters is 1. The van der Waals surface area contributed by atoms with Gasteiger partial charge < -0.3 is 10.1 Å². The molecule has 5 nitrogen and oxygen atoms in total. The lowest BCUT2D eigenvalue weighted by Crippen LogP contribution is -2.06. The summed E-state index contributed by atoms with van der Waals surface area (Å²) in [6.45, 7) is 1.96. The van der Waals surface area contributed by atoms with Crippen LogP contribution in [0.5, 0.6) is 0 Å². The molecule has 0 spiro atoms. The van der Waals surface area contributed by atoms with Gasteiger partial charge in [-0.25, -0.2) is 9.78 Å². The van der Waals surface area contributed by atoms with Crippen LogP contribution >= 0.6 is 22.9 Å². The van der Waals surface area contributed by atoms with E-state index in [0.717, 1.165) is 5.54 Å². The molecule has 1 amide bonds. The van der Waals surface area contributed by atoms with Gasteiger partial charge >= 0.3 is 5.97 Å². The highest BCUT2D eigenvalue weighted by Crippen LogP contribution is 2.22. The van der Waals surface area contributed by atoms with Crippen LogP contribution in [0.3, 0.4) is 0 Å². The maximum atomic E-state index is 11.4. The molecule has 0 atom stereocenters. The van der Waals surface area contributed by atoms with E-state index in [1.165, 1.54) is 11.3 Å². The lowest BCUT2D eigenvalue weighted by atomic mass is 10.2. The summed E-state index contributed by atoms with van der Waals surface area (Å²) in [7, 11) is 0. The standard InChI is InChI=1S/C9H9ClN2O3S/c1-2-15-8(14)6(3-10)7-4-16-9(12-7)11-5-13/h3-5H,2H2,1H3,(H,11,12,13)/b6-3-. The summed E-state index contributed by atoms with van der Waals surface area (Å²) in [4.78, 5) is 25.6. The van der Waals surface area contributed by atoms with Crippen LogP contribution in [-0.4, -0.2) is 24.0 Å². The van der Waals surface area contributed by atoms with E-state index in [9.17, 15) is 9.59 Å². The molecular formula is C9H9ClN2O3S. The molecule has 0 aliphatic rings. The maximum Gasteiger partial charge on any atom is 0.341 e. The molecule has 0 unspecified atom stereocenters. The fraction of sp³-hybridized carbons (Fsp3) is 0.222. The van der Waals surface area contributed by atoms with Crippen molar-refractivity contribution < 1.29 is 14.3 Å². The van der Waals surface area contributed by atoms with Crippen molar-refractivity contribution in [3.63, 3.8) is 0 Å². The molecule has 0 fully saturated rings. The van der Waals surface area contributed by atoms with E-state index in [0.29, 0.717) is 17.2 Å². The minimum absolute atomic E-state index is 0.165. The molecular weight excluding hydrogens is 252 g/mol. The zero-order valence-corrected chi connectivity index (χ0v) is 9.97. The van der Waals surface area contributed by atoms with Crippen molar-refractivity contribution in [3.8, 4) is 0 Å². The van der Waals surface area contributed by atoms with Gasteiger partial charge in [-0.15, -0.1) is 11.3 Å². The fourth-order valence-corrected chi connectivity index (χ4v) is 1.80. The Bertz CT molecular complexity index is 417. The van der Waals surface area contributed by atoms with Gasteiger partial charge in [0, 0.05) is 10.9 Å². The van der Waals surface area contributed by atoms with Crippen LogP contribution in [0.4, 0.5) is 5.13 Å². The molecule has 0 radical (unpaired) electrons. The Labute approximate surface area is 101 Å². The number of hydrogen-bond donors (Lipinski definition) is 1. The smallest absolute Gasteiger partial charge is 0.341 e. The van der Waals surface area contributed by atoms with Crippen LogP contribution in [-0.2, 0) is 14.3 Å². The first-order chi connectivity index (χ1) is 7.72. The molecule has 86 valence electrons. The number of hydrogen-bond acceptors (Lipinski definition) is 5. The van der Waals surface area contributed by atoms with E-state index in [1.54, 1.807) is 12.3 Å². The molecule has 0 aliphatic heterocycles. The molecule has 0 saturated carbocycles. The first-order valence-corrected chi connectivity index (χ1v) is 5.68. The molecule has 1 rings (SSSR count). The molecule has 1 aromatic rings. The minimum atomic E-state index is -0.541. The van der Waals surface area contributed by atoms with Gasteiger partial charge in [-0.05, 0) is 6.92 Å². The molecule has 0 aromatic carbocycles. The summed E-state index contributed by atoms with van der Waals surface area (Å²) in [6, 6.07) is 0. The van der Waals surface area contributed by atoms with Crippen molar-refractivity contribution in [2.45, 2.75) is 6.92 Å². The zero-order valence-electron chi connectivity index (χ0n) is 8.40. The van der Waals surface area contributed by atoms with Crippen LogP contribution in [0.25, 0.3) is 5.57 Å². The second-order valence-corrected chi connectivity index (χ2v) is 3.62. The van der Waals surface area contributed by atoms with Crippen LogP contribution in [0.15, 0.2) is 10.9 Å². The Morgan fingerprint density at radius 3 is 3.06 bits per heavy atom. The number of aromatic nitrogens is 1. The second-order valence-electron chi connectivity index (χ2n) is 2.54. The quantitative estimate of drug-likeness (QED) is 0.498. The normalized spacial score (nSPS) is 11.0. The second kappa shape index (κ2) is 6.24. The number of carbonyl (C=O) groups is 2. The first kappa shape index (κ1) is 12.7. The summed E-state index contributed by atoms with van der Waals surface area (Å²) in [5, 5.41) is 4.38. The number of nitrogens with one attached hydrogen (secondary N) is 1. The number of halogens is 1. The van der Waals surface area contributed by atoms with Gasteiger partial charge in [-0.1, -0.05) is 11.6 Å². The largest absolute Gasteiger partial charge is 0.462 e. The third kappa shape index (κ3) is 3.04. The Balaban J connectivity index is 2.87. The van der Waals surface area contributed by atoms with Crippen LogP contribution in [0.2, 0.25) is 0 Å². The highest BCUT2D eigenvalue weighted by Gasteiger charge is 2.15. The average molecular weight is 261 g/mol. The highest BCUT2D eigenvalue weighted by atomic mass is 35.5. The highest BCUT2D eigenvalue weighted by molar-refractivity contribution is 7.14. The SMILES string of the molecule is CCOC(=O)/C(=C\Cl)c1csc(NC=O)n1. The number of nitrogens with zero attached hydrogens (tertiary/aromatic N) is 1. The van der Waals surface area contributed by atoms with Gasteiger partial charge in [0.15, 0.2) is 5.13 Å². The molecule has 0 aliphatic carbocycles. The van der Waals surface area contributed by atoms with E-state index in [-0.39, 0.29) is 12.2 Å². The molecule has 1 aromatic heterocycles. The Morgan fingerprint density at radius 2 is 2.50 bits per heavy atom. The number of thiazole rings is 1. The van der Waals surface area contributed by atoms with Crippen molar-refractivity contribution in [1.82, 2.24) is 4.98 Å². The van der Waals surface area contributed by atoms with Crippen molar-refractivity contribution in [2.24, 2.45) is 0 Å². The summed E-state index contributed by atoms with van der Waals surface area (Å²) in [6.07, 6.45) is 0.511. The number of carbonyl (C=O) groups excluding carboxylic acids is 2. The maximum absolute atomic E-state index is 11.4. The summed E-state index contributed by atoms with van der Waals surface area (Å²) in [5.74, 6) is -0.541. The minimum Gasteiger partial charge on any atom is -0.462 e. The number of ether oxygens (including phenoxy) is 1. The first-order valence-electron chi connectivity index (χ1n) is 4.36. The van der Waals surface area contributed by atoms with Gasteiger partial charge in [0.1, 0.15) is 0 Å². The van der Waals surface area contributed by atoms with Crippen molar-refractivity contribution >= 4 is 46.0 Å². The monoisotopic (exact) mass is 260 g/mol. The molecule has 0 bridgehead atoms. The van der Waals surface area contributed by atoms with Gasteiger partial charge in [0.05, 0.1) is 17.9 Å². The van der Waals surface area contributed by atoms with Gasteiger partial charge in [0.25, 0.3) is 0 Å². The predicted octanol–water partition coefficient (Wildman–Crippen LogP) is 1.85. The van der Waals surface area contributed by atoms with Crippen molar-refractivity contribution in [2.75, 3.05) is 11.9 Å². The molecule has 16 heavy (non-hydrogen) atoms. The van der Waals surface area contributed by atoms with E-state index in [4.69, 9.17) is 16.3 Å². The Hall–Kier alpha value is -1.40. The number of amides is 1. The van der Waals surface area contributed by atoms with E-state index in [2.05, 4.69) is 10.3 Å². The summed E-state index contributed by atoms with van der Waals surface area (Å²) in [5.41, 5.74) is 1.65. The van der Waals surface area contributed by atoms with Gasteiger partial charge in [0.2, 0.25) is 6.41 Å². The van der Waals surface area contributed by atoms with Crippen LogP contribution in [0.1, 0.15) is 12.6 Å². The lowest BCUT2D eigenvalue weighted by molar-refractivity contribution is -0.136. The molecule has 0 saturated heterocycles. The summed E-state index contributed by atoms with van der Waals surface area (Å²) < 4.78 is 4.80. The van der Waals surface area contributed by atoms with Crippen molar-refractivity contribution in [1.29, 1.82) is 0 Å². The fourth-order valence-electron chi connectivity index (χ4n) is 0.928. The Morgan fingerprint density at radius 1 is 1.75 bits per heavy atom. The predicted molar refractivity (Wildman–Crippen MR) is 62.3 cm³/mol.